The van der Waals surface area contributed by atoms with E-state index in [1.807, 2.05) is 12.6 Å². The molecule has 1 aliphatic carbocycles. The Morgan fingerprint density at radius 3 is 3.10 bits per heavy atom. The lowest BCUT2D eigenvalue weighted by atomic mass is 10.1. The molecule has 4 heteroatoms. The van der Waals surface area contributed by atoms with Crippen molar-refractivity contribution in [3.05, 3.63) is 45.4 Å². The number of thiazole rings is 1. The van der Waals surface area contributed by atoms with Gasteiger partial charge < -0.3 is 10.1 Å². The van der Waals surface area contributed by atoms with Gasteiger partial charge >= 0.3 is 0 Å². The van der Waals surface area contributed by atoms with Crippen LogP contribution in [0.2, 0.25) is 0 Å². The highest BCUT2D eigenvalue weighted by molar-refractivity contribution is 7.09. The number of hydrogen-bond acceptors (Lipinski definition) is 4. The Morgan fingerprint density at radius 2 is 2.35 bits per heavy atom. The van der Waals surface area contributed by atoms with Crippen molar-refractivity contribution in [3.63, 3.8) is 0 Å². The van der Waals surface area contributed by atoms with E-state index in [1.165, 1.54) is 22.4 Å². The molecule has 0 aliphatic heterocycles. The van der Waals surface area contributed by atoms with E-state index in [-0.39, 0.29) is 0 Å². The lowest BCUT2D eigenvalue weighted by Crippen LogP contribution is -2.12. The Bertz CT molecular complexity index is 594. The third kappa shape index (κ3) is 2.72. The summed E-state index contributed by atoms with van der Waals surface area (Å²) in [5, 5.41) is 3.36. The minimum atomic E-state index is 0.513. The first-order valence-corrected chi connectivity index (χ1v) is 7.97. The molecule has 1 unspecified atom stereocenters. The monoisotopic (exact) mass is 288 g/mol. The van der Waals surface area contributed by atoms with E-state index in [0.29, 0.717) is 6.04 Å². The van der Waals surface area contributed by atoms with Gasteiger partial charge in [-0.15, -0.1) is 11.3 Å². The largest absolute Gasteiger partial charge is 0.493 e. The summed E-state index contributed by atoms with van der Waals surface area (Å²) < 4.78 is 5.89. The number of rotatable bonds is 5. The van der Waals surface area contributed by atoms with Crippen molar-refractivity contribution in [1.29, 1.82) is 0 Å². The summed E-state index contributed by atoms with van der Waals surface area (Å²) >= 11 is 1.71. The van der Waals surface area contributed by atoms with Crippen molar-refractivity contribution in [3.8, 4) is 5.75 Å². The number of hydrogen-bond donors (Lipinski definition) is 1. The van der Waals surface area contributed by atoms with E-state index in [1.54, 1.807) is 11.3 Å². The first-order chi connectivity index (χ1) is 9.78. The Morgan fingerprint density at radius 1 is 1.45 bits per heavy atom. The topological polar surface area (TPSA) is 34.1 Å². The third-order valence-corrected chi connectivity index (χ3v) is 4.98. The van der Waals surface area contributed by atoms with Crippen LogP contribution in [0.3, 0.4) is 0 Å². The molecule has 1 atom stereocenters. The summed E-state index contributed by atoms with van der Waals surface area (Å²) in [4.78, 5) is 5.58. The van der Waals surface area contributed by atoms with Crippen molar-refractivity contribution in [2.45, 2.75) is 32.2 Å². The number of benzene rings is 1. The van der Waals surface area contributed by atoms with Gasteiger partial charge in [-0.05, 0) is 50.1 Å². The molecule has 20 heavy (non-hydrogen) atoms. The number of fused-ring (bicyclic) bond motifs is 1. The zero-order valence-corrected chi connectivity index (χ0v) is 12.8. The van der Waals surface area contributed by atoms with Crippen LogP contribution in [0.25, 0.3) is 0 Å². The molecule has 0 radical (unpaired) electrons. The van der Waals surface area contributed by atoms with Gasteiger partial charge in [0, 0.05) is 17.3 Å². The Labute approximate surface area is 124 Å². The van der Waals surface area contributed by atoms with Gasteiger partial charge in [0.15, 0.2) is 0 Å². The van der Waals surface area contributed by atoms with Crippen molar-refractivity contribution in [1.82, 2.24) is 10.3 Å². The number of nitrogens with zero attached hydrogens (tertiary/aromatic N) is 1. The van der Waals surface area contributed by atoms with Gasteiger partial charge in [0.2, 0.25) is 0 Å². The van der Waals surface area contributed by atoms with Gasteiger partial charge in [0.25, 0.3) is 0 Å². The van der Waals surface area contributed by atoms with Crippen LogP contribution in [0.1, 0.15) is 34.2 Å². The predicted octanol–water partition coefficient (Wildman–Crippen LogP) is 3.28. The van der Waals surface area contributed by atoms with Crippen LogP contribution in [0.5, 0.6) is 5.75 Å². The molecule has 1 aliphatic rings. The van der Waals surface area contributed by atoms with Crippen molar-refractivity contribution in [2.75, 3.05) is 13.7 Å². The summed E-state index contributed by atoms with van der Waals surface area (Å²) in [7, 11) is 2.03. The van der Waals surface area contributed by atoms with Crippen LogP contribution < -0.4 is 10.1 Å². The van der Waals surface area contributed by atoms with E-state index < -0.39 is 0 Å². The molecule has 1 aromatic carbocycles. The Kier molecular flexibility index (Phi) is 4.03. The van der Waals surface area contributed by atoms with Gasteiger partial charge in [0.1, 0.15) is 5.75 Å². The van der Waals surface area contributed by atoms with Gasteiger partial charge in [0.05, 0.1) is 17.8 Å². The van der Waals surface area contributed by atoms with Crippen molar-refractivity contribution in [2.24, 2.45) is 0 Å². The van der Waals surface area contributed by atoms with Gasteiger partial charge in [-0.25, -0.2) is 4.98 Å². The van der Waals surface area contributed by atoms with Gasteiger partial charge in [-0.1, -0.05) is 6.07 Å². The van der Waals surface area contributed by atoms with Crippen molar-refractivity contribution >= 4 is 11.3 Å². The second kappa shape index (κ2) is 5.94. The van der Waals surface area contributed by atoms with E-state index >= 15 is 0 Å². The summed E-state index contributed by atoms with van der Waals surface area (Å²) in [5.74, 6) is 0.989. The first kappa shape index (κ1) is 13.6. The Hall–Kier alpha value is -1.39. The highest BCUT2D eigenvalue weighted by Gasteiger charge is 2.20. The molecule has 1 N–H and O–H groups in total. The molecule has 1 aromatic heterocycles. The highest BCUT2D eigenvalue weighted by atomic mass is 32.1. The van der Waals surface area contributed by atoms with Crippen molar-refractivity contribution < 1.29 is 4.74 Å². The minimum absolute atomic E-state index is 0.513. The van der Waals surface area contributed by atoms with Crippen LogP contribution in [0.15, 0.2) is 23.7 Å². The Balaban J connectivity index is 1.60. The molecule has 2 aromatic rings. The lowest BCUT2D eigenvalue weighted by Gasteiger charge is -2.11. The summed E-state index contributed by atoms with van der Waals surface area (Å²) in [6, 6.07) is 7.01. The zero-order valence-electron chi connectivity index (χ0n) is 12.0. The normalized spacial score (nSPS) is 17.2. The third-order valence-electron chi connectivity index (χ3n) is 3.98. The second-order valence-electron chi connectivity index (χ2n) is 5.20. The summed E-state index contributed by atoms with van der Waals surface area (Å²) in [6.07, 6.45) is 3.27. The van der Waals surface area contributed by atoms with E-state index in [4.69, 9.17) is 4.74 Å². The van der Waals surface area contributed by atoms with Gasteiger partial charge in [-0.2, -0.15) is 0 Å². The molecule has 1 heterocycles. The molecule has 0 spiro atoms. The quantitative estimate of drug-likeness (QED) is 0.917. The van der Waals surface area contributed by atoms with Gasteiger partial charge in [-0.3, -0.25) is 0 Å². The fraction of sp³-hybridized carbons (Fsp3) is 0.438. The SMILES string of the molecule is CNC1CCc2cc(OCCc3scnc3C)ccc21. The van der Waals surface area contributed by atoms with E-state index in [9.17, 15) is 0 Å². The van der Waals surface area contributed by atoms with E-state index in [2.05, 4.69) is 35.4 Å². The highest BCUT2D eigenvalue weighted by Crippen LogP contribution is 2.33. The molecular weight excluding hydrogens is 268 g/mol. The maximum Gasteiger partial charge on any atom is 0.119 e. The molecule has 3 nitrogen and oxygen atoms in total. The van der Waals surface area contributed by atoms with E-state index in [0.717, 1.165) is 30.9 Å². The average molecular weight is 288 g/mol. The number of nitrogens with one attached hydrogen (secondary N) is 1. The van der Waals surface area contributed by atoms with Crippen LogP contribution in [0, 0.1) is 6.92 Å². The number of ether oxygens (including phenoxy) is 1. The molecule has 106 valence electrons. The molecule has 0 bridgehead atoms. The second-order valence-corrected chi connectivity index (χ2v) is 6.14. The molecule has 0 saturated carbocycles. The predicted molar refractivity (Wildman–Crippen MR) is 82.6 cm³/mol. The molecule has 3 rings (SSSR count). The molecular formula is C16H20N2OS. The fourth-order valence-corrected chi connectivity index (χ4v) is 3.57. The van der Waals surface area contributed by atoms with Crippen LogP contribution in [-0.2, 0) is 12.8 Å². The molecule has 0 saturated heterocycles. The van der Waals surface area contributed by atoms with Crippen LogP contribution >= 0.6 is 11.3 Å². The first-order valence-electron chi connectivity index (χ1n) is 7.10. The smallest absolute Gasteiger partial charge is 0.119 e. The molecule has 0 fully saturated rings. The maximum atomic E-state index is 5.89. The standard InChI is InChI=1S/C16H20N2OS/c1-11-16(20-10-18-11)7-8-19-13-4-5-14-12(9-13)3-6-15(14)17-2/h4-5,9-10,15,17H,3,6-8H2,1-2H3. The van der Waals surface area contributed by atoms with Crippen LogP contribution in [-0.4, -0.2) is 18.6 Å². The minimum Gasteiger partial charge on any atom is -0.493 e. The van der Waals surface area contributed by atoms with Crippen LogP contribution in [0.4, 0.5) is 0 Å². The summed E-state index contributed by atoms with van der Waals surface area (Å²) in [5.41, 5.74) is 5.89. The summed E-state index contributed by atoms with van der Waals surface area (Å²) in [6.45, 7) is 2.77. The lowest BCUT2D eigenvalue weighted by molar-refractivity contribution is 0.322. The average Bonchev–Trinajstić information content (AvgIpc) is 3.05. The number of aromatic nitrogens is 1. The zero-order chi connectivity index (χ0) is 13.9. The number of aryl methyl sites for hydroxylation is 2. The molecule has 0 amide bonds. The fourth-order valence-electron chi connectivity index (χ4n) is 2.81. The maximum absolute atomic E-state index is 5.89.